The van der Waals surface area contributed by atoms with Crippen molar-refractivity contribution in [2.45, 2.75) is 38.1 Å². The van der Waals surface area contributed by atoms with Crippen molar-refractivity contribution >= 4 is 11.8 Å². The molecule has 1 atom stereocenters. The molecular weight excluding hydrogens is 323 g/mol. The van der Waals surface area contributed by atoms with Crippen LogP contribution in [0.5, 0.6) is 0 Å². The summed E-state index contributed by atoms with van der Waals surface area (Å²) in [6.07, 6.45) is 4.13. The van der Waals surface area contributed by atoms with E-state index in [2.05, 4.69) is 5.32 Å². The van der Waals surface area contributed by atoms with Crippen molar-refractivity contribution in [1.29, 1.82) is 0 Å². The lowest BCUT2D eigenvalue weighted by atomic mass is 9.59. The molecule has 0 aromatic heterocycles. The molecule has 1 spiro atoms. The minimum Gasteiger partial charge on any atom is -0.375 e. The Morgan fingerprint density at radius 1 is 1.32 bits per heavy atom. The quantitative estimate of drug-likeness (QED) is 0.884. The summed E-state index contributed by atoms with van der Waals surface area (Å²) in [5.41, 5.74) is 0.831. The molecule has 0 radical (unpaired) electrons. The molecule has 1 unspecified atom stereocenters. The Kier molecular flexibility index (Phi) is 5.37. The molecule has 1 heterocycles. The fraction of sp³-hybridized carbons (Fsp3) is 0.579. The van der Waals surface area contributed by atoms with Crippen molar-refractivity contribution in [3.05, 3.63) is 35.6 Å². The molecule has 3 rings (SSSR count). The number of nitrogens with one attached hydrogen (secondary N) is 1. The van der Waals surface area contributed by atoms with Crippen molar-refractivity contribution in [3.8, 4) is 0 Å². The molecule has 136 valence electrons. The first-order valence-electron chi connectivity index (χ1n) is 8.83. The summed E-state index contributed by atoms with van der Waals surface area (Å²) < 4.78 is 18.1. The monoisotopic (exact) mass is 348 g/mol. The number of nitrogens with zero attached hydrogens (tertiary/aromatic N) is 1. The van der Waals surface area contributed by atoms with Crippen LogP contribution in [0.1, 0.15) is 31.2 Å². The lowest BCUT2D eigenvalue weighted by Gasteiger charge is -2.54. The number of amides is 2. The van der Waals surface area contributed by atoms with Gasteiger partial charge in [0.1, 0.15) is 12.4 Å². The standard InChI is InChI=1S/C19H25FN2O3/c1-25-13-17(23)21-16-5-6-19(16)7-9-22(10-8-19)18(24)12-14-3-2-4-15(20)11-14/h2-4,11,16H,5-10,12-13H2,1H3,(H,21,23). The Labute approximate surface area is 147 Å². The van der Waals surface area contributed by atoms with Crippen LogP contribution >= 0.6 is 0 Å². The van der Waals surface area contributed by atoms with Crippen molar-refractivity contribution in [1.82, 2.24) is 10.2 Å². The van der Waals surface area contributed by atoms with Crippen LogP contribution in [0.2, 0.25) is 0 Å². The number of methoxy groups -OCH3 is 1. The van der Waals surface area contributed by atoms with Crippen LogP contribution in [-0.2, 0) is 20.7 Å². The third kappa shape index (κ3) is 4.00. The summed E-state index contributed by atoms with van der Waals surface area (Å²) in [7, 11) is 1.51. The van der Waals surface area contributed by atoms with E-state index in [1.807, 2.05) is 4.90 Å². The topological polar surface area (TPSA) is 58.6 Å². The minimum absolute atomic E-state index is 0.0414. The summed E-state index contributed by atoms with van der Waals surface area (Å²) >= 11 is 0. The van der Waals surface area contributed by atoms with Gasteiger partial charge in [0.05, 0.1) is 6.42 Å². The number of carbonyl (C=O) groups excluding carboxylic acids is 2. The number of likely N-dealkylation sites (tertiary alicyclic amines) is 1. The highest BCUT2D eigenvalue weighted by Crippen LogP contribution is 2.49. The molecule has 25 heavy (non-hydrogen) atoms. The van der Waals surface area contributed by atoms with E-state index in [4.69, 9.17) is 4.74 Å². The normalized spacial score (nSPS) is 21.7. The molecule has 2 fully saturated rings. The molecule has 1 aromatic carbocycles. The first kappa shape index (κ1) is 17.9. The third-order valence-corrected chi connectivity index (χ3v) is 5.64. The van der Waals surface area contributed by atoms with Crippen molar-refractivity contribution < 1.29 is 18.7 Å². The Hall–Kier alpha value is -1.95. The second kappa shape index (κ2) is 7.52. The van der Waals surface area contributed by atoms with Gasteiger partial charge in [-0.05, 0) is 48.8 Å². The van der Waals surface area contributed by atoms with Crippen molar-refractivity contribution in [3.63, 3.8) is 0 Å². The summed E-state index contributed by atoms with van der Waals surface area (Å²) in [6, 6.07) is 6.39. The van der Waals surface area contributed by atoms with Crippen LogP contribution in [0.25, 0.3) is 0 Å². The first-order chi connectivity index (χ1) is 12.0. The second-order valence-corrected chi connectivity index (χ2v) is 7.14. The molecule has 5 nitrogen and oxygen atoms in total. The maximum absolute atomic E-state index is 13.2. The number of piperidine rings is 1. The fourth-order valence-corrected chi connectivity index (χ4v) is 4.02. The third-order valence-electron chi connectivity index (χ3n) is 5.64. The Morgan fingerprint density at radius 3 is 2.68 bits per heavy atom. The van der Waals surface area contributed by atoms with Gasteiger partial charge in [0, 0.05) is 26.2 Å². The zero-order valence-electron chi connectivity index (χ0n) is 14.6. The van der Waals surface area contributed by atoms with Crippen LogP contribution in [0.4, 0.5) is 4.39 Å². The number of carbonyl (C=O) groups is 2. The van der Waals surface area contributed by atoms with Crippen LogP contribution in [0, 0.1) is 11.2 Å². The van der Waals surface area contributed by atoms with Crippen LogP contribution in [0.3, 0.4) is 0 Å². The molecule has 2 amide bonds. The molecule has 1 saturated heterocycles. The highest BCUT2D eigenvalue weighted by molar-refractivity contribution is 5.79. The van der Waals surface area contributed by atoms with E-state index in [1.54, 1.807) is 12.1 Å². The van der Waals surface area contributed by atoms with Crippen molar-refractivity contribution in [2.75, 3.05) is 26.8 Å². The highest BCUT2D eigenvalue weighted by atomic mass is 19.1. The predicted molar refractivity (Wildman–Crippen MR) is 91.4 cm³/mol. The first-order valence-corrected chi connectivity index (χ1v) is 8.83. The van der Waals surface area contributed by atoms with E-state index in [1.165, 1.54) is 19.2 Å². The predicted octanol–water partition coefficient (Wildman–Crippen LogP) is 1.90. The summed E-state index contributed by atoms with van der Waals surface area (Å²) in [5.74, 6) is -0.345. The lowest BCUT2D eigenvalue weighted by Crippen LogP contribution is -2.60. The van der Waals surface area contributed by atoms with E-state index < -0.39 is 0 Å². The molecule has 0 bridgehead atoms. The zero-order valence-corrected chi connectivity index (χ0v) is 14.6. The van der Waals surface area contributed by atoms with E-state index in [0.29, 0.717) is 18.7 Å². The van der Waals surface area contributed by atoms with Gasteiger partial charge < -0.3 is 15.0 Å². The van der Waals surface area contributed by atoms with Gasteiger partial charge in [-0.1, -0.05) is 12.1 Å². The van der Waals surface area contributed by atoms with E-state index in [9.17, 15) is 14.0 Å². The molecule has 1 aliphatic carbocycles. The smallest absolute Gasteiger partial charge is 0.246 e. The SMILES string of the molecule is COCC(=O)NC1CCC12CCN(C(=O)Cc1cccc(F)c1)CC2. The number of ether oxygens (including phenoxy) is 1. The zero-order chi connectivity index (χ0) is 17.9. The van der Waals surface area contributed by atoms with Gasteiger partial charge in [-0.25, -0.2) is 4.39 Å². The van der Waals surface area contributed by atoms with Gasteiger partial charge in [0.2, 0.25) is 11.8 Å². The number of hydrogen-bond donors (Lipinski definition) is 1. The Bertz CT molecular complexity index is 641. The van der Waals surface area contributed by atoms with E-state index in [0.717, 1.165) is 25.7 Å². The summed E-state index contributed by atoms with van der Waals surface area (Å²) in [4.78, 5) is 26.1. The molecule has 1 aromatic rings. The molecular formula is C19H25FN2O3. The maximum atomic E-state index is 13.2. The molecule has 6 heteroatoms. The summed E-state index contributed by atoms with van der Waals surface area (Å²) in [5, 5.41) is 3.06. The van der Waals surface area contributed by atoms with Gasteiger partial charge in [0.15, 0.2) is 0 Å². The maximum Gasteiger partial charge on any atom is 0.246 e. The lowest BCUT2D eigenvalue weighted by molar-refractivity contribution is -0.137. The average molecular weight is 348 g/mol. The van der Waals surface area contributed by atoms with E-state index >= 15 is 0 Å². The second-order valence-electron chi connectivity index (χ2n) is 7.14. The number of hydrogen-bond acceptors (Lipinski definition) is 3. The largest absolute Gasteiger partial charge is 0.375 e. The van der Waals surface area contributed by atoms with Gasteiger partial charge in [0.25, 0.3) is 0 Å². The van der Waals surface area contributed by atoms with Gasteiger partial charge in [-0.15, -0.1) is 0 Å². The van der Waals surface area contributed by atoms with Crippen LogP contribution < -0.4 is 5.32 Å². The number of rotatable bonds is 5. The van der Waals surface area contributed by atoms with Crippen molar-refractivity contribution in [2.24, 2.45) is 5.41 Å². The molecule has 2 aliphatic rings. The van der Waals surface area contributed by atoms with Gasteiger partial charge in [-0.2, -0.15) is 0 Å². The van der Waals surface area contributed by atoms with Gasteiger partial charge >= 0.3 is 0 Å². The summed E-state index contributed by atoms with van der Waals surface area (Å²) in [6.45, 7) is 1.49. The minimum atomic E-state index is -0.313. The van der Waals surface area contributed by atoms with E-state index in [-0.39, 0.29) is 42.1 Å². The van der Waals surface area contributed by atoms with Crippen LogP contribution in [0.15, 0.2) is 24.3 Å². The molecule has 1 saturated carbocycles. The number of halogens is 1. The Balaban J connectivity index is 1.51. The molecule has 1 N–H and O–H groups in total. The Morgan fingerprint density at radius 2 is 2.08 bits per heavy atom. The fourth-order valence-electron chi connectivity index (χ4n) is 4.02. The molecule has 1 aliphatic heterocycles. The number of benzene rings is 1. The van der Waals surface area contributed by atoms with Crippen LogP contribution in [-0.4, -0.2) is 49.6 Å². The average Bonchev–Trinajstić information content (AvgIpc) is 2.59. The van der Waals surface area contributed by atoms with Gasteiger partial charge in [-0.3, -0.25) is 9.59 Å². The highest BCUT2D eigenvalue weighted by Gasteiger charge is 2.49.